The lowest BCUT2D eigenvalue weighted by molar-refractivity contribution is 0.173. The zero-order valence-corrected chi connectivity index (χ0v) is 16.7. The van der Waals surface area contributed by atoms with Crippen LogP contribution in [0.2, 0.25) is 0 Å². The summed E-state index contributed by atoms with van der Waals surface area (Å²) in [5.74, 6) is 2.92. The summed E-state index contributed by atoms with van der Waals surface area (Å²) in [4.78, 5) is 22.1. The van der Waals surface area contributed by atoms with Crippen molar-refractivity contribution in [2.24, 2.45) is 0 Å². The number of rotatable bonds is 8. The Labute approximate surface area is 169 Å². The Morgan fingerprint density at radius 3 is 2.86 bits per heavy atom. The molecule has 1 aromatic heterocycles. The van der Waals surface area contributed by atoms with Crippen LogP contribution in [-0.4, -0.2) is 40.9 Å². The standard InChI is InChI=1S/C22H25N3O4/c1-15(2)25(13-21-23-18-7-4-3-6-17(18)22(26)24-21)10-5-11-27-16-8-9-19-20(12-16)29-14-28-19/h3-4,6-9,12,15H,5,10-11,13-14H2,1-2H3,(H,23,24,26). The summed E-state index contributed by atoms with van der Waals surface area (Å²) in [5.41, 5.74) is 0.626. The fourth-order valence-corrected chi connectivity index (χ4v) is 3.35. The predicted octanol–water partition coefficient (Wildman–Crippen LogP) is 3.33. The maximum atomic E-state index is 12.3. The second-order valence-electron chi connectivity index (χ2n) is 7.31. The molecule has 0 amide bonds. The SMILES string of the molecule is CC(C)N(CCCOc1ccc2c(c1)OCO2)Cc1nc2ccccc2c(=O)[nH]1. The number of nitrogens with one attached hydrogen (secondary N) is 1. The van der Waals surface area contributed by atoms with E-state index in [0.29, 0.717) is 30.4 Å². The second kappa shape index (κ2) is 8.53. The van der Waals surface area contributed by atoms with E-state index < -0.39 is 0 Å². The van der Waals surface area contributed by atoms with E-state index in [2.05, 4.69) is 28.7 Å². The molecule has 2 aromatic carbocycles. The number of aromatic amines is 1. The van der Waals surface area contributed by atoms with Crippen molar-refractivity contribution < 1.29 is 14.2 Å². The molecule has 0 radical (unpaired) electrons. The maximum absolute atomic E-state index is 12.3. The molecule has 4 rings (SSSR count). The summed E-state index contributed by atoms with van der Waals surface area (Å²) in [6, 6.07) is 13.3. The normalized spacial score (nSPS) is 12.8. The number of para-hydroxylation sites is 1. The number of nitrogens with zero attached hydrogens (tertiary/aromatic N) is 2. The highest BCUT2D eigenvalue weighted by Gasteiger charge is 2.15. The van der Waals surface area contributed by atoms with E-state index >= 15 is 0 Å². The Balaban J connectivity index is 1.34. The number of hydrogen-bond donors (Lipinski definition) is 1. The largest absolute Gasteiger partial charge is 0.493 e. The average molecular weight is 395 g/mol. The van der Waals surface area contributed by atoms with Gasteiger partial charge in [-0.15, -0.1) is 0 Å². The van der Waals surface area contributed by atoms with Gasteiger partial charge in [-0.3, -0.25) is 9.69 Å². The van der Waals surface area contributed by atoms with Gasteiger partial charge in [0.15, 0.2) is 11.5 Å². The monoisotopic (exact) mass is 395 g/mol. The second-order valence-corrected chi connectivity index (χ2v) is 7.31. The Morgan fingerprint density at radius 1 is 1.17 bits per heavy atom. The van der Waals surface area contributed by atoms with Crippen molar-refractivity contribution >= 4 is 10.9 Å². The molecular formula is C22H25N3O4. The first-order valence-electron chi connectivity index (χ1n) is 9.84. The molecule has 0 spiro atoms. The highest BCUT2D eigenvalue weighted by Crippen LogP contribution is 2.35. The number of benzene rings is 2. The van der Waals surface area contributed by atoms with Crippen LogP contribution in [0.3, 0.4) is 0 Å². The lowest BCUT2D eigenvalue weighted by atomic mass is 10.2. The van der Waals surface area contributed by atoms with Gasteiger partial charge in [0.1, 0.15) is 11.6 Å². The highest BCUT2D eigenvalue weighted by molar-refractivity contribution is 5.77. The van der Waals surface area contributed by atoms with Crippen molar-refractivity contribution in [3.05, 3.63) is 58.6 Å². The fraction of sp³-hybridized carbons (Fsp3) is 0.364. The van der Waals surface area contributed by atoms with Crippen LogP contribution in [0, 0.1) is 0 Å². The number of ether oxygens (including phenoxy) is 3. The predicted molar refractivity (Wildman–Crippen MR) is 111 cm³/mol. The van der Waals surface area contributed by atoms with Crippen LogP contribution in [0.25, 0.3) is 10.9 Å². The van der Waals surface area contributed by atoms with E-state index in [0.717, 1.165) is 35.7 Å². The van der Waals surface area contributed by atoms with Crippen molar-refractivity contribution in [3.8, 4) is 17.2 Å². The topological polar surface area (TPSA) is 76.7 Å². The van der Waals surface area contributed by atoms with Crippen LogP contribution in [-0.2, 0) is 6.54 Å². The van der Waals surface area contributed by atoms with Crippen LogP contribution >= 0.6 is 0 Å². The van der Waals surface area contributed by atoms with E-state index in [4.69, 9.17) is 14.2 Å². The summed E-state index contributed by atoms with van der Waals surface area (Å²) < 4.78 is 16.5. The van der Waals surface area contributed by atoms with Crippen LogP contribution in [0.15, 0.2) is 47.3 Å². The van der Waals surface area contributed by atoms with Crippen molar-refractivity contribution in [1.82, 2.24) is 14.9 Å². The molecule has 152 valence electrons. The van der Waals surface area contributed by atoms with Gasteiger partial charge in [-0.25, -0.2) is 4.98 Å². The third-order valence-corrected chi connectivity index (χ3v) is 4.95. The molecule has 0 aliphatic carbocycles. The summed E-state index contributed by atoms with van der Waals surface area (Å²) in [6.45, 7) is 6.54. The third-order valence-electron chi connectivity index (χ3n) is 4.95. The van der Waals surface area contributed by atoms with Gasteiger partial charge in [0.25, 0.3) is 5.56 Å². The van der Waals surface area contributed by atoms with Crippen molar-refractivity contribution in [3.63, 3.8) is 0 Å². The van der Waals surface area contributed by atoms with Gasteiger partial charge >= 0.3 is 0 Å². The Hall–Kier alpha value is -3.06. The molecule has 1 aliphatic heterocycles. The summed E-state index contributed by atoms with van der Waals surface area (Å²) in [7, 11) is 0. The first-order valence-corrected chi connectivity index (χ1v) is 9.84. The van der Waals surface area contributed by atoms with E-state index in [1.54, 1.807) is 6.07 Å². The Bertz CT molecular complexity index is 1050. The zero-order valence-electron chi connectivity index (χ0n) is 16.7. The molecule has 3 aromatic rings. The van der Waals surface area contributed by atoms with Gasteiger partial charge in [-0.2, -0.15) is 0 Å². The molecule has 0 saturated carbocycles. The Kier molecular flexibility index (Phi) is 5.67. The minimum Gasteiger partial charge on any atom is -0.493 e. The van der Waals surface area contributed by atoms with Gasteiger partial charge < -0.3 is 19.2 Å². The smallest absolute Gasteiger partial charge is 0.258 e. The molecular weight excluding hydrogens is 370 g/mol. The van der Waals surface area contributed by atoms with E-state index in [9.17, 15) is 4.79 Å². The van der Waals surface area contributed by atoms with Gasteiger partial charge in [0, 0.05) is 18.7 Å². The van der Waals surface area contributed by atoms with Crippen LogP contribution in [0.5, 0.6) is 17.2 Å². The molecule has 7 nitrogen and oxygen atoms in total. The maximum Gasteiger partial charge on any atom is 0.258 e. The first-order chi connectivity index (χ1) is 14.1. The Morgan fingerprint density at radius 2 is 2.00 bits per heavy atom. The minimum atomic E-state index is -0.0968. The third kappa shape index (κ3) is 4.51. The zero-order chi connectivity index (χ0) is 20.2. The molecule has 0 fully saturated rings. The van der Waals surface area contributed by atoms with Gasteiger partial charge in [-0.1, -0.05) is 12.1 Å². The molecule has 2 heterocycles. The molecule has 0 bridgehead atoms. The van der Waals surface area contributed by atoms with Gasteiger partial charge in [-0.05, 0) is 44.5 Å². The van der Waals surface area contributed by atoms with Gasteiger partial charge in [0.05, 0.1) is 24.1 Å². The number of aromatic nitrogens is 2. The first kappa shape index (κ1) is 19.3. The quantitative estimate of drug-likeness (QED) is 0.590. The van der Waals surface area contributed by atoms with E-state index in [1.807, 2.05) is 36.4 Å². The van der Waals surface area contributed by atoms with Crippen LogP contribution < -0.4 is 19.8 Å². The van der Waals surface area contributed by atoms with Crippen molar-refractivity contribution in [2.45, 2.75) is 32.9 Å². The fourth-order valence-electron chi connectivity index (χ4n) is 3.35. The van der Waals surface area contributed by atoms with Crippen LogP contribution in [0.1, 0.15) is 26.1 Å². The van der Waals surface area contributed by atoms with E-state index in [1.165, 1.54) is 0 Å². The lowest BCUT2D eigenvalue weighted by Gasteiger charge is -2.26. The van der Waals surface area contributed by atoms with Crippen molar-refractivity contribution in [2.75, 3.05) is 19.9 Å². The number of hydrogen-bond acceptors (Lipinski definition) is 6. The molecule has 1 aliphatic rings. The van der Waals surface area contributed by atoms with Gasteiger partial charge in [0.2, 0.25) is 6.79 Å². The summed E-state index contributed by atoms with van der Waals surface area (Å²) in [5, 5.41) is 0.615. The molecule has 1 N–H and O–H groups in total. The van der Waals surface area contributed by atoms with E-state index in [-0.39, 0.29) is 12.4 Å². The minimum absolute atomic E-state index is 0.0968. The number of fused-ring (bicyclic) bond motifs is 2. The highest BCUT2D eigenvalue weighted by atomic mass is 16.7. The molecule has 0 unspecified atom stereocenters. The van der Waals surface area contributed by atoms with Crippen molar-refractivity contribution in [1.29, 1.82) is 0 Å². The lowest BCUT2D eigenvalue weighted by Crippen LogP contribution is -2.33. The molecule has 0 atom stereocenters. The molecule has 0 saturated heterocycles. The summed E-state index contributed by atoms with van der Waals surface area (Å²) >= 11 is 0. The summed E-state index contributed by atoms with van der Waals surface area (Å²) in [6.07, 6.45) is 0.852. The molecule has 7 heteroatoms. The molecule has 29 heavy (non-hydrogen) atoms. The number of H-pyrrole nitrogens is 1. The van der Waals surface area contributed by atoms with Crippen LogP contribution in [0.4, 0.5) is 0 Å². The average Bonchev–Trinajstić information content (AvgIpc) is 3.18.